The molecular weight excluding hydrogens is 249 g/mol. The molecule has 0 bridgehead atoms. The molecule has 0 radical (unpaired) electrons. The van der Waals surface area contributed by atoms with Crippen LogP contribution in [-0.2, 0) is 6.18 Å². The van der Waals surface area contributed by atoms with Crippen molar-refractivity contribution in [3.63, 3.8) is 0 Å². The van der Waals surface area contributed by atoms with Crippen molar-refractivity contribution in [1.82, 2.24) is 4.98 Å². The highest BCUT2D eigenvalue weighted by atomic mass is 19.4. The van der Waals surface area contributed by atoms with Crippen LogP contribution in [0.2, 0.25) is 0 Å². The van der Waals surface area contributed by atoms with Gasteiger partial charge in [-0.05, 0) is 0 Å². The zero-order chi connectivity index (χ0) is 13.2. The van der Waals surface area contributed by atoms with E-state index < -0.39 is 35.2 Å². The molecule has 0 spiro atoms. The fraction of sp³-hybridized carbons (Fsp3) is 0.333. The van der Waals surface area contributed by atoms with E-state index in [9.17, 15) is 26.7 Å². The molecule has 0 aliphatic heterocycles. The lowest BCUT2D eigenvalue weighted by Crippen LogP contribution is -2.15. The highest BCUT2D eigenvalue weighted by molar-refractivity contribution is 5.82. The summed E-state index contributed by atoms with van der Waals surface area (Å²) in [6.07, 6.45) is -8.07. The van der Waals surface area contributed by atoms with Gasteiger partial charge in [0.15, 0.2) is 6.29 Å². The van der Waals surface area contributed by atoms with Gasteiger partial charge in [-0.1, -0.05) is 0 Å². The van der Waals surface area contributed by atoms with Gasteiger partial charge in [0.2, 0.25) is 0 Å². The summed E-state index contributed by atoms with van der Waals surface area (Å²) in [6.45, 7) is 0. The van der Waals surface area contributed by atoms with Crippen molar-refractivity contribution < 1.29 is 31.5 Å². The summed E-state index contributed by atoms with van der Waals surface area (Å²) in [4.78, 5) is 13.5. The van der Waals surface area contributed by atoms with Crippen LogP contribution in [0.15, 0.2) is 6.20 Å². The van der Waals surface area contributed by atoms with E-state index in [1.54, 1.807) is 0 Å². The highest BCUT2D eigenvalue weighted by Gasteiger charge is 2.40. The molecule has 0 aliphatic carbocycles. The number of ether oxygens (including phenoxy) is 1. The lowest BCUT2D eigenvalue weighted by Gasteiger charge is -2.15. The fourth-order valence-corrected chi connectivity index (χ4v) is 1.27. The van der Waals surface area contributed by atoms with Crippen molar-refractivity contribution in [3.05, 3.63) is 23.0 Å². The Bertz CT molecular complexity index is 430. The number of carbonyl (C=O) groups is 1. The third-order valence-corrected chi connectivity index (χ3v) is 1.94. The van der Waals surface area contributed by atoms with Gasteiger partial charge >= 0.3 is 6.18 Å². The Labute approximate surface area is 92.2 Å². The van der Waals surface area contributed by atoms with Crippen LogP contribution in [0.4, 0.5) is 22.0 Å². The van der Waals surface area contributed by atoms with E-state index in [0.29, 0.717) is 6.20 Å². The molecule has 3 nitrogen and oxygen atoms in total. The van der Waals surface area contributed by atoms with E-state index in [4.69, 9.17) is 0 Å². The van der Waals surface area contributed by atoms with Crippen molar-refractivity contribution in [3.8, 4) is 5.75 Å². The second-order valence-electron chi connectivity index (χ2n) is 2.92. The molecule has 0 amide bonds. The molecular formula is C9H6F5NO2. The molecule has 0 saturated carbocycles. The minimum Gasteiger partial charge on any atom is -0.494 e. The first-order valence-corrected chi connectivity index (χ1v) is 4.20. The normalized spacial score (nSPS) is 11.7. The number of nitrogens with zero attached hydrogens (tertiary/aromatic N) is 1. The van der Waals surface area contributed by atoms with E-state index in [0.717, 1.165) is 7.11 Å². The fourth-order valence-electron chi connectivity index (χ4n) is 1.27. The van der Waals surface area contributed by atoms with Gasteiger partial charge in [0.25, 0.3) is 6.43 Å². The number of carbonyl (C=O) groups excluding carboxylic acids is 1. The number of halogens is 5. The Hall–Kier alpha value is -1.73. The minimum absolute atomic E-state index is 0.185. The number of pyridine rings is 1. The topological polar surface area (TPSA) is 39.2 Å². The van der Waals surface area contributed by atoms with Gasteiger partial charge in [0.1, 0.15) is 11.4 Å². The predicted octanol–water partition coefficient (Wildman–Crippen LogP) is 2.86. The molecule has 0 unspecified atom stereocenters. The van der Waals surface area contributed by atoms with Crippen molar-refractivity contribution in [1.29, 1.82) is 0 Å². The molecule has 8 heteroatoms. The SMILES string of the molecule is COc1cnc(C(F)F)c(C(F)(F)F)c1C=O. The minimum atomic E-state index is -5.11. The van der Waals surface area contributed by atoms with E-state index in [1.165, 1.54) is 0 Å². The standard InChI is InChI=1S/C9H6F5NO2/c1-17-5-2-15-7(8(10)11)6(4(5)3-16)9(12,13)14/h2-3,8H,1H3. The Morgan fingerprint density at radius 2 is 2.00 bits per heavy atom. The number of hydrogen-bond donors (Lipinski definition) is 0. The van der Waals surface area contributed by atoms with Crippen molar-refractivity contribution in [2.24, 2.45) is 0 Å². The first-order chi connectivity index (χ1) is 7.82. The Balaban J connectivity index is 3.62. The number of aldehydes is 1. The van der Waals surface area contributed by atoms with E-state index in [-0.39, 0.29) is 6.29 Å². The maximum Gasteiger partial charge on any atom is 0.419 e. The summed E-state index contributed by atoms with van der Waals surface area (Å²) in [5.74, 6) is -0.503. The third-order valence-electron chi connectivity index (χ3n) is 1.94. The number of methoxy groups -OCH3 is 1. The van der Waals surface area contributed by atoms with Crippen LogP contribution in [0.3, 0.4) is 0 Å². The molecule has 1 aromatic heterocycles. The van der Waals surface area contributed by atoms with Crippen LogP contribution in [0.25, 0.3) is 0 Å². The predicted molar refractivity (Wildman–Crippen MR) is 46.1 cm³/mol. The summed E-state index contributed by atoms with van der Waals surface area (Å²) in [7, 11) is 1.01. The molecule has 0 saturated heterocycles. The van der Waals surface area contributed by atoms with Gasteiger partial charge in [-0.2, -0.15) is 13.2 Å². The zero-order valence-electron chi connectivity index (χ0n) is 8.39. The molecule has 17 heavy (non-hydrogen) atoms. The molecule has 94 valence electrons. The van der Waals surface area contributed by atoms with Crippen molar-refractivity contribution in [2.45, 2.75) is 12.6 Å². The average Bonchev–Trinajstić information content (AvgIpc) is 2.25. The lowest BCUT2D eigenvalue weighted by atomic mass is 10.1. The molecule has 0 atom stereocenters. The van der Waals surface area contributed by atoms with Crippen LogP contribution in [0.1, 0.15) is 28.0 Å². The van der Waals surface area contributed by atoms with Crippen LogP contribution in [-0.4, -0.2) is 18.4 Å². The molecule has 1 aromatic rings. The van der Waals surface area contributed by atoms with Crippen molar-refractivity contribution >= 4 is 6.29 Å². The average molecular weight is 255 g/mol. The monoisotopic (exact) mass is 255 g/mol. The van der Waals surface area contributed by atoms with Gasteiger partial charge < -0.3 is 4.74 Å². The first-order valence-electron chi connectivity index (χ1n) is 4.20. The van der Waals surface area contributed by atoms with Crippen LogP contribution >= 0.6 is 0 Å². The molecule has 0 fully saturated rings. The summed E-state index contributed by atoms with van der Waals surface area (Å²) in [5.41, 5.74) is -4.23. The Kier molecular flexibility index (Phi) is 3.64. The van der Waals surface area contributed by atoms with Crippen molar-refractivity contribution in [2.75, 3.05) is 7.11 Å². The van der Waals surface area contributed by atoms with Gasteiger partial charge in [0.05, 0.1) is 24.4 Å². The quantitative estimate of drug-likeness (QED) is 0.615. The highest BCUT2D eigenvalue weighted by Crippen LogP contribution is 2.39. The molecule has 1 rings (SSSR count). The number of alkyl halides is 5. The van der Waals surface area contributed by atoms with Gasteiger partial charge in [-0.3, -0.25) is 9.78 Å². The number of aromatic nitrogens is 1. The van der Waals surface area contributed by atoms with E-state index in [2.05, 4.69) is 9.72 Å². The summed E-state index contributed by atoms with van der Waals surface area (Å²) in [6, 6.07) is 0. The molecule has 0 aliphatic rings. The summed E-state index contributed by atoms with van der Waals surface area (Å²) < 4.78 is 67.0. The maximum atomic E-state index is 12.6. The zero-order valence-corrected chi connectivity index (χ0v) is 8.39. The second-order valence-corrected chi connectivity index (χ2v) is 2.92. The smallest absolute Gasteiger partial charge is 0.419 e. The lowest BCUT2D eigenvalue weighted by molar-refractivity contribution is -0.140. The van der Waals surface area contributed by atoms with Gasteiger partial charge in [0, 0.05) is 0 Å². The first kappa shape index (κ1) is 13.3. The molecule has 0 N–H and O–H groups in total. The van der Waals surface area contributed by atoms with E-state index in [1.807, 2.05) is 0 Å². The molecule has 0 aromatic carbocycles. The summed E-state index contributed by atoms with van der Waals surface area (Å²) >= 11 is 0. The molecule has 1 heterocycles. The Morgan fingerprint density at radius 3 is 2.35 bits per heavy atom. The number of hydrogen-bond acceptors (Lipinski definition) is 3. The third kappa shape index (κ3) is 2.51. The van der Waals surface area contributed by atoms with Crippen LogP contribution in [0.5, 0.6) is 5.75 Å². The van der Waals surface area contributed by atoms with Gasteiger partial charge in [-0.15, -0.1) is 0 Å². The largest absolute Gasteiger partial charge is 0.494 e. The number of rotatable bonds is 3. The van der Waals surface area contributed by atoms with Crippen LogP contribution in [0, 0.1) is 0 Å². The summed E-state index contributed by atoms with van der Waals surface area (Å²) in [5, 5.41) is 0. The van der Waals surface area contributed by atoms with Crippen LogP contribution < -0.4 is 4.74 Å². The second kappa shape index (κ2) is 4.64. The van der Waals surface area contributed by atoms with E-state index >= 15 is 0 Å². The maximum absolute atomic E-state index is 12.6. The Morgan fingerprint density at radius 1 is 1.41 bits per heavy atom. The van der Waals surface area contributed by atoms with Gasteiger partial charge in [-0.25, -0.2) is 8.78 Å².